The average molecular weight is 248 g/mol. The third-order valence-electron chi connectivity index (χ3n) is 2.42. The Labute approximate surface area is 104 Å². The lowest BCUT2D eigenvalue weighted by atomic mass is 10.1. The predicted octanol–water partition coefficient (Wildman–Crippen LogP) is 1.88. The normalized spacial score (nSPS) is 10.2. The summed E-state index contributed by atoms with van der Waals surface area (Å²) in [6.45, 7) is 0. The molecule has 1 aromatic carbocycles. The van der Waals surface area contributed by atoms with Crippen LogP contribution in [-0.4, -0.2) is 17.3 Å². The zero-order valence-electron chi connectivity index (χ0n) is 9.30. The van der Waals surface area contributed by atoms with E-state index in [0.717, 1.165) is 11.3 Å². The van der Waals surface area contributed by atoms with Crippen molar-refractivity contribution in [2.75, 3.05) is 7.11 Å². The van der Waals surface area contributed by atoms with Crippen molar-refractivity contribution in [1.82, 2.24) is 10.2 Å². The van der Waals surface area contributed by atoms with E-state index in [1.807, 2.05) is 24.3 Å². The maximum Gasteiger partial charge on any atom is 0.268 e. The highest BCUT2D eigenvalue weighted by molar-refractivity contribution is 7.79. The number of ether oxygens (including phenoxy) is 1. The van der Waals surface area contributed by atoms with Crippen LogP contribution in [0.2, 0.25) is 0 Å². The molecule has 5 heteroatoms. The quantitative estimate of drug-likeness (QED) is 0.815. The van der Waals surface area contributed by atoms with Gasteiger partial charge in [0.2, 0.25) is 0 Å². The van der Waals surface area contributed by atoms with Crippen molar-refractivity contribution >= 4 is 12.6 Å². The second-order valence-corrected chi connectivity index (χ2v) is 3.81. The van der Waals surface area contributed by atoms with Crippen LogP contribution < -0.4 is 10.3 Å². The minimum Gasteiger partial charge on any atom is -0.497 e. The molecule has 0 radical (unpaired) electrons. The van der Waals surface area contributed by atoms with Gasteiger partial charge in [0, 0.05) is 16.9 Å². The fraction of sp³-hybridized carbons (Fsp3) is 0.167. The number of H-pyrrole nitrogens is 1. The molecular weight excluding hydrogens is 236 g/mol. The van der Waals surface area contributed by atoms with Gasteiger partial charge < -0.3 is 4.74 Å². The Morgan fingerprint density at radius 1 is 1.41 bits per heavy atom. The number of nitrogens with one attached hydrogen (secondary N) is 1. The van der Waals surface area contributed by atoms with Gasteiger partial charge in [0.25, 0.3) is 5.56 Å². The SMILES string of the molecule is COc1cccc(-c2cc(CS)c(=O)[nH]n2)c1. The molecule has 0 amide bonds. The Hall–Kier alpha value is -1.75. The van der Waals surface area contributed by atoms with E-state index in [0.29, 0.717) is 17.0 Å². The second-order valence-electron chi connectivity index (χ2n) is 3.50. The van der Waals surface area contributed by atoms with E-state index >= 15 is 0 Å². The molecule has 0 aliphatic carbocycles. The van der Waals surface area contributed by atoms with Gasteiger partial charge in [-0.2, -0.15) is 17.7 Å². The molecule has 88 valence electrons. The standard InChI is InChI=1S/C12H12N2O2S/c1-16-10-4-2-3-8(5-10)11-6-9(7-17)12(15)14-13-11/h2-6,17H,7H2,1H3,(H,14,15). The molecule has 0 bridgehead atoms. The molecule has 0 unspecified atom stereocenters. The third kappa shape index (κ3) is 2.50. The highest BCUT2D eigenvalue weighted by Crippen LogP contribution is 2.21. The first kappa shape index (κ1) is 11.7. The molecule has 0 aliphatic heterocycles. The molecule has 0 saturated heterocycles. The fourth-order valence-electron chi connectivity index (χ4n) is 1.49. The van der Waals surface area contributed by atoms with Crippen LogP contribution in [0.3, 0.4) is 0 Å². The van der Waals surface area contributed by atoms with Crippen molar-refractivity contribution in [3.63, 3.8) is 0 Å². The first-order valence-electron chi connectivity index (χ1n) is 5.08. The highest BCUT2D eigenvalue weighted by atomic mass is 32.1. The number of aromatic amines is 1. The van der Waals surface area contributed by atoms with Crippen molar-refractivity contribution in [1.29, 1.82) is 0 Å². The van der Waals surface area contributed by atoms with Crippen LogP contribution in [0, 0.1) is 0 Å². The summed E-state index contributed by atoms with van der Waals surface area (Å²) in [4.78, 5) is 11.4. The molecule has 0 saturated carbocycles. The van der Waals surface area contributed by atoms with Crippen LogP contribution in [0.4, 0.5) is 0 Å². The van der Waals surface area contributed by atoms with E-state index in [9.17, 15) is 4.79 Å². The van der Waals surface area contributed by atoms with E-state index in [1.54, 1.807) is 13.2 Å². The molecule has 0 atom stereocenters. The van der Waals surface area contributed by atoms with Crippen LogP contribution in [0.5, 0.6) is 5.75 Å². The van der Waals surface area contributed by atoms with E-state index in [1.165, 1.54) is 0 Å². The lowest BCUT2D eigenvalue weighted by Crippen LogP contribution is -2.13. The van der Waals surface area contributed by atoms with Gasteiger partial charge >= 0.3 is 0 Å². The summed E-state index contributed by atoms with van der Waals surface area (Å²) in [6.07, 6.45) is 0. The van der Waals surface area contributed by atoms with Gasteiger partial charge in [-0.15, -0.1) is 0 Å². The number of aromatic nitrogens is 2. The van der Waals surface area contributed by atoms with Gasteiger partial charge in [0.15, 0.2) is 0 Å². The number of hydrogen-bond donors (Lipinski definition) is 2. The molecule has 2 aromatic rings. The largest absolute Gasteiger partial charge is 0.497 e. The lowest BCUT2D eigenvalue weighted by molar-refractivity contribution is 0.415. The molecule has 17 heavy (non-hydrogen) atoms. The van der Waals surface area contributed by atoms with Crippen LogP contribution in [0.1, 0.15) is 5.56 Å². The van der Waals surface area contributed by atoms with Crippen LogP contribution >= 0.6 is 12.6 Å². The number of rotatable bonds is 3. The van der Waals surface area contributed by atoms with Crippen molar-refractivity contribution < 1.29 is 4.74 Å². The van der Waals surface area contributed by atoms with Gasteiger partial charge in [0.05, 0.1) is 12.8 Å². The maximum absolute atomic E-state index is 11.4. The minimum atomic E-state index is -0.202. The Balaban J connectivity index is 2.48. The average Bonchev–Trinajstić information content (AvgIpc) is 2.39. The molecule has 2 rings (SSSR count). The Morgan fingerprint density at radius 2 is 2.24 bits per heavy atom. The van der Waals surface area contributed by atoms with Crippen molar-refractivity contribution in [2.45, 2.75) is 5.75 Å². The van der Waals surface area contributed by atoms with E-state index in [-0.39, 0.29) is 5.56 Å². The van der Waals surface area contributed by atoms with Gasteiger partial charge in [-0.3, -0.25) is 4.79 Å². The van der Waals surface area contributed by atoms with Crippen LogP contribution in [0.15, 0.2) is 35.1 Å². The van der Waals surface area contributed by atoms with Crippen molar-refractivity contribution in [3.8, 4) is 17.0 Å². The summed E-state index contributed by atoms with van der Waals surface area (Å²) in [5, 5.41) is 6.47. The molecule has 1 heterocycles. The van der Waals surface area contributed by atoms with E-state index in [2.05, 4.69) is 22.8 Å². The van der Waals surface area contributed by atoms with E-state index in [4.69, 9.17) is 4.74 Å². The lowest BCUT2D eigenvalue weighted by Gasteiger charge is -2.04. The van der Waals surface area contributed by atoms with Crippen LogP contribution in [-0.2, 0) is 5.75 Å². The third-order valence-corrected chi connectivity index (χ3v) is 2.76. The summed E-state index contributed by atoms with van der Waals surface area (Å²) in [5.41, 5.74) is 1.99. The molecular formula is C12H12N2O2S. The smallest absolute Gasteiger partial charge is 0.268 e. The van der Waals surface area contributed by atoms with Crippen LogP contribution in [0.25, 0.3) is 11.3 Å². The summed E-state index contributed by atoms with van der Waals surface area (Å²) in [7, 11) is 1.61. The number of hydrogen-bond acceptors (Lipinski definition) is 4. The molecule has 0 spiro atoms. The van der Waals surface area contributed by atoms with Gasteiger partial charge in [-0.05, 0) is 18.2 Å². The Kier molecular flexibility index (Phi) is 3.49. The van der Waals surface area contributed by atoms with Gasteiger partial charge in [-0.25, -0.2) is 5.10 Å². The minimum absolute atomic E-state index is 0.202. The molecule has 0 aliphatic rings. The first-order valence-corrected chi connectivity index (χ1v) is 5.71. The predicted molar refractivity (Wildman–Crippen MR) is 69.5 cm³/mol. The topological polar surface area (TPSA) is 55.0 Å². The number of nitrogens with zero attached hydrogens (tertiary/aromatic N) is 1. The Bertz CT molecular complexity index is 581. The molecule has 1 aromatic heterocycles. The highest BCUT2D eigenvalue weighted by Gasteiger charge is 2.05. The zero-order chi connectivity index (χ0) is 12.3. The zero-order valence-corrected chi connectivity index (χ0v) is 10.2. The molecule has 0 fully saturated rings. The Morgan fingerprint density at radius 3 is 2.94 bits per heavy atom. The van der Waals surface area contributed by atoms with Crippen molar-refractivity contribution in [3.05, 3.63) is 46.2 Å². The summed E-state index contributed by atoms with van der Waals surface area (Å²) >= 11 is 4.11. The van der Waals surface area contributed by atoms with Crippen molar-refractivity contribution in [2.24, 2.45) is 0 Å². The summed E-state index contributed by atoms with van der Waals surface area (Å²) < 4.78 is 5.14. The second kappa shape index (κ2) is 5.05. The maximum atomic E-state index is 11.4. The summed E-state index contributed by atoms with van der Waals surface area (Å²) in [6, 6.07) is 9.24. The monoisotopic (exact) mass is 248 g/mol. The summed E-state index contributed by atoms with van der Waals surface area (Å²) in [5.74, 6) is 1.14. The van der Waals surface area contributed by atoms with E-state index < -0.39 is 0 Å². The first-order chi connectivity index (χ1) is 8.24. The number of methoxy groups -OCH3 is 1. The molecule has 4 nitrogen and oxygen atoms in total. The number of benzene rings is 1. The van der Waals surface area contributed by atoms with Gasteiger partial charge in [-0.1, -0.05) is 12.1 Å². The van der Waals surface area contributed by atoms with Gasteiger partial charge in [0.1, 0.15) is 5.75 Å². The number of thiol groups is 1. The fourth-order valence-corrected chi connectivity index (χ4v) is 1.73. The molecule has 1 N–H and O–H groups in total.